The van der Waals surface area contributed by atoms with E-state index >= 15 is 0 Å². The predicted octanol–water partition coefficient (Wildman–Crippen LogP) is 4.72. The number of pyridine rings is 2. The Bertz CT molecular complexity index is 1320. The minimum absolute atomic E-state index is 0.00221. The zero-order chi connectivity index (χ0) is 25.3. The highest BCUT2D eigenvalue weighted by atomic mass is 19.4. The Morgan fingerprint density at radius 2 is 1.86 bits per heavy atom. The minimum atomic E-state index is -4.71. The number of alkyl halides is 3. The normalized spacial score (nSPS) is 15.0. The summed E-state index contributed by atoms with van der Waals surface area (Å²) in [6, 6.07) is 3.58. The van der Waals surface area contributed by atoms with E-state index in [9.17, 15) is 31.5 Å². The third kappa shape index (κ3) is 4.98. The van der Waals surface area contributed by atoms with Crippen molar-refractivity contribution < 1.29 is 26.7 Å². The molecule has 1 aliphatic heterocycles. The number of nitrogens with one attached hydrogen (secondary N) is 1. The van der Waals surface area contributed by atoms with Crippen LogP contribution in [0.4, 0.5) is 27.8 Å². The number of benzene rings is 1. The molecule has 35 heavy (non-hydrogen) atoms. The number of carbonyl (C=O) groups excluding carboxylic acids is 1. The van der Waals surface area contributed by atoms with Crippen LogP contribution in [0.2, 0.25) is 0 Å². The van der Waals surface area contributed by atoms with E-state index in [-0.39, 0.29) is 29.6 Å². The first-order valence-electron chi connectivity index (χ1n) is 11.2. The van der Waals surface area contributed by atoms with Gasteiger partial charge in [0.25, 0.3) is 5.91 Å². The van der Waals surface area contributed by atoms with E-state index in [0.29, 0.717) is 11.9 Å². The van der Waals surface area contributed by atoms with Gasteiger partial charge in [0.05, 0.1) is 11.1 Å². The summed E-state index contributed by atoms with van der Waals surface area (Å²) in [6.45, 7) is 3.02. The first-order chi connectivity index (χ1) is 16.6. The van der Waals surface area contributed by atoms with Gasteiger partial charge in [-0.2, -0.15) is 13.2 Å². The molecular weight excluding hydrogens is 471 g/mol. The summed E-state index contributed by atoms with van der Waals surface area (Å²) in [5.74, 6) is -2.54. The molecule has 1 atom stereocenters. The van der Waals surface area contributed by atoms with Crippen LogP contribution in [0.5, 0.6) is 0 Å². The van der Waals surface area contributed by atoms with Gasteiger partial charge in [0.1, 0.15) is 29.1 Å². The zero-order valence-electron chi connectivity index (χ0n) is 18.8. The SMILES string of the molecule is CCCC(NC(=O)c1cn(-c2ccc(F)cc2F)c2nc(N3CCCC3)ccc2c1=O)C(F)(F)F. The fourth-order valence-corrected chi connectivity index (χ4v) is 4.18. The summed E-state index contributed by atoms with van der Waals surface area (Å²) < 4.78 is 69.5. The number of rotatable bonds is 6. The lowest BCUT2D eigenvalue weighted by molar-refractivity contribution is -0.154. The summed E-state index contributed by atoms with van der Waals surface area (Å²) >= 11 is 0. The second-order valence-electron chi connectivity index (χ2n) is 8.43. The van der Waals surface area contributed by atoms with Crippen molar-refractivity contribution in [2.75, 3.05) is 18.0 Å². The molecule has 1 saturated heterocycles. The molecule has 1 amide bonds. The van der Waals surface area contributed by atoms with Crippen molar-refractivity contribution in [1.29, 1.82) is 0 Å². The second kappa shape index (κ2) is 9.63. The molecule has 1 unspecified atom stereocenters. The average molecular weight is 494 g/mol. The molecule has 0 spiro atoms. The van der Waals surface area contributed by atoms with E-state index in [1.165, 1.54) is 13.0 Å². The Labute approximate surface area is 197 Å². The number of hydrogen-bond donors (Lipinski definition) is 1. The molecule has 1 fully saturated rings. The monoisotopic (exact) mass is 494 g/mol. The van der Waals surface area contributed by atoms with E-state index in [2.05, 4.69) is 4.98 Å². The maximum absolute atomic E-state index is 14.7. The molecular formula is C24H23F5N4O2. The first kappa shape index (κ1) is 24.6. The smallest absolute Gasteiger partial charge is 0.357 e. The quantitative estimate of drug-likeness (QED) is 0.504. The Hall–Kier alpha value is -3.50. The minimum Gasteiger partial charge on any atom is -0.357 e. The Kier molecular flexibility index (Phi) is 6.77. The maximum atomic E-state index is 14.7. The van der Waals surface area contributed by atoms with Crippen molar-refractivity contribution in [2.24, 2.45) is 0 Å². The number of hydrogen-bond acceptors (Lipinski definition) is 4. The van der Waals surface area contributed by atoms with E-state index in [1.54, 1.807) is 6.07 Å². The van der Waals surface area contributed by atoms with Crippen LogP contribution in [0.15, 0.2) is 41.3 Å². The summed E-state index contributed by atoms with van der Waals surface area (Å²) in [5.41, 5.74) is -1.66. The summed E-state index contributed by atoms with van der Waals surface area (Å²) in [5, 5.41) is 1.80. The number of anilines is 1. The molecule has 4 rings (SSSR count). The van der Waals surface area contributed by atoms with Crippen LogP contribution in [0, 0.1) is 11.6 Å². The largest absolute Gasteiger partial charge is 0.408 e. The van der Waals surface area contributed by atoms with Gasteiger partial charge in [-0.05, 0) is 43.5 Å². The highest BCUT2D eigenvalue weighted by Gasteiger charge is 2.40. The molecule has 186 valence electrons. The summed E-state index contributed by atoms with van der Waals surface area (Å²) in [4.78, 5) is 32.5. The first-order valence-corrected chi connectivity index (χ1v) is 11.2. The molecule has 3 aromatic rings. The van der Waals surface area contributed by atoms with Crippen LogP contribution < -0.4 is 15.6 Å². The number of halogens is 5. The van der Waals surface area contributed by atoms with Gasteiger partial charge in [-0.3, -0.25) is 14.2 Å². The standard InChI is InChI=1S/C24H23F5N4O2/c1-2-5-19(24(27,28)29)30-23(35)16-13-33(18-8-6-14(25)12-17(18)26)22-15(21(16)34)7-9-20(31-22)32-10-3-4-11-32/h6-9,12-13,19H,2-5,10-11H2,1H3,(H,30,35). The summed E-state index contributed by atoms with van der Waals surface area (Å²) in [7, 11) is 0. The number of aromatic nitrogens is 2. The van der Waals surface area contributed by atoms with Gasteiger partial charge in [0.15, 0.2) is 5.65 Å². The van der Waals surface area contributed by atoms with Crippen molar-refractivity contribution in [3.8, 4) is 5.69 Å². The van der Waals surface area contributed by atoms with Crippen LogP contribution in [0.1, 0.15) is 43.0 Å². The van der Waals surface area contributed by atoms with Crippen molar-refractivity contribution in [1.82, 2.24) is 14.9 Å². The van der Waals surface area contributed by atoms with Crippen molar-refractivity contribution in [2.45, 2.75) is 44.8 Å². The molecule has 0 saturated carbocycles. The highest BCUT2D eigenvalue weighted by Crippen LogP contribution is 2.26. The lowest BCUT2D eigenvalue weighted by atomic mass is 10.1. The molecule has 0 bridgehead atoms. The number of fused-ring (bicyclic) bond motifs is 1. The fourth-order valence-electron chi connectivity index (χ4n) is 4.18. The van der Waals surface area contributed by atoms with Crippen LogP contribution in [-0.4, -0.2) is 40.8 Å². The average Bonchev–Trinajstić information content (AvgIpc) is 3.34. The van der Waals surface area contributed by atoms with Crippen LogP contribution in [0.3, 0.4) is 0 Å². The van der Waals surface area contributed by atoms with Crippen molar-refractivity contribution in [3.05, 3.63) is 63.9 Å². The Morgan fingerprint density at radius 3 is 2.49 bits per heavy atom. The lowest BCUT2D eigenvalue weighted by Gasteiger charge is -2.22. The van der Waals surface area contributed by atoms with Crippen LogP contribution in [-0.2, 0) is 0 Å². The molecule has 6 nitrogen and oxygen atoms in total. The van der Waals surface area contributed by atoms with Crippen molar-refractivity contribution in [3.63, 3.8) is 0 Å². The lowest BCUT2D eigenvalue weighted by Crippen LogP contribution is -2.46. The third-order valence-electron chi connectivity index (χ3n) is 5.96. The molecule has 0 radical (unpaired) electrons. The predicted molar refractivity (Wildman–Crippen MR) is 121 cm³/mol. The Morgan fingerprint density at radius 1 is 1.14 bits per heavy atom. The van der Waals surface area contributed by atoms with E-state index < -0.39 is 40.8 Å². The van der Waals surface area contributed by atoms with Crippen LogP contribution >= 0.6 is 0 Å². The van der Waals surface area contributed by atoms with Gasteiger partial charge in [-0.25, -0.2) is 13.8 Å². The summed E-state index contributed by atoms with van der Waals surface area (Å²) in [6.07, 6.45) is -2.07. The van der Waals surface area contributed by atoms with E-state index in [4.69, 9.17) is 0 Å². The molecule has 0 aliphatic carbocycles. The molecule has 11 heteroatoms. The Balaban J connectivity index is 1.89. The second-order valence-corrected chi connectivity index (χ2v) is 8.43. The topological polar surface area (TPSA) is 67.2 Å². The molecule has 1 aliphatic rings. The highest BCUT2D eigenvalue weighted by molar-refractivity contribution is 5.97. The zero-order valence-corrected chi connectivity index (χ0v) is 18.8. The van der Waals surface area contributed by atoms with Gasteiger partial charge in [0, 0.05) is 25.4 Å². The number of amides is 1. The van der Waals surface area contributed by atoms with Gasteiger partial charge < -0.3 is 10.2 Å². The van der Waals surface area contributed by atoms with E-state index in [1.807, 2.05) is 10.2 Å². The number of carbonyl (C=O) groups is 1. The van der Waals surface area contributed by atoms with Gasteiger partial charge in [0.2, 0.25) is 5.43 Å². The van der Waals surface area contributed by atoms with Crippen LogP contribution in [0.25, 0.3) is 16.7 Å². The van der Waals surface area contributed by atoms with E-state index in [0.717, 1.165) is 48.8 Å². The maximum Gasteiger partial charge on any atom is 0.408 e. The van der Waals surface area contributed by atoms with Gasteiger partial charge in [-0.15, -0.1) is 0 Å². The van der Waals surface area contributed by atoms with Crippen molar-refractivity contribution >= 4 is 22.8 Å². The number of nitrogens with zero attached hydrogens (tertiary/aromatic N) is 3. The molecule has 3 heterocycles. The van der Waals surface area contributed by atoms with Gasteiger partial charge in [-0.1, -0.05) is 13.3 Å². The third-order valence-corrected chi connectivity index (χ3v) is 5.96. The fraction of sp³-hybridized carbons (Fsp3) is 0.375. The molecule has 1 aromatic carbocycles. The molecule has 1 N–H and O–H groups in total. The molecule has 2 aromatic heterocycles. The van der Waals surface area contributed by atoms with Gasteiger partial charge >= 0.3 is 6.18 Å².